The maximum absolute atomic E-state index is 10.1. The average molecular weight is 223 g/mol. The number of nitro groups is 1. The van der Waals surface area contributed by atoms with Crippen molar-refractivity contribution in [2.45, 2.75) is 0 Å². The van der Waals surface area contributed by atoms with Crippen molar-refractivity contribution in [1.82, 2.24) is 0 Å². The second-order valence-corrected chi connectivity index (χ2v) is 3.76. The molecule has 0 unspecified atom stereocenters. The first kappa shape index (κ1) is 7.49. The Kier molecular flexibility index (Phi) is 1.91. The van der Waals surface area contributed by atoms with Gasteiger partial charge in [0.05, 0.1) is 10.3 Å². The molecule has 0 radical (unpaired) electrons. The van der Waals surface area contributed by atoms with Gasteiger partial charge in [0.15, 0.2) is 0 Å². The Morgan fingerprint density at radius 1 is 1.80 bits per heavy atom. The third-order valence-electron chi connectivity index (χ3n) is 0.958. The highest BCUT2D eigenvalue weighted by atomic mass is 79.9. The van der Waals surface area contributed by atoms with Crippen LogP contribution in [0.2, 0.25) is 0 Å². The number of nitrogen functional groups attached to an aromatic ring is 1. The van der Waals surface area contributed by atoms with Crippen LogP contribution in [0.25, 0.3) is 0 Å². The molecule has 0 aliphatic heterocycles. The number of rotatable bonds is 1. The van der Waals surface area contributed by atoms with Gasteiger partial charge < -0.3 is 5.73 Å². The highest BCUT2D eigenvalue weighted by Crippen LogP contribution is 2.35. The van der Waals surface area contributed by atoms with Gasteiger partial charge in [0.25, 0.3) is 0 Å². The lowest BCUT2D eigenvalue weighted by molar-refractivity contribution is -0.383. The minimum atomic E-state index is -0.503. The number of anilines is 1. The molecule has 0 saturated heterocycles. The van der Waals surface area contributed by atoms with E-state index in [9.17, 15) is 10.1 Å². The van der Waals surface area contributed by atoms with Gasteiger partial charge in [-0.15, -0.1) is 11.3 Å². The zero-order valence-corrected chi connectivity index (χ0v) is 7.11. The van der Waals surface area contributed by atoms with Crippen LogP contribution >= 0.6 is 27.3 Å². The Morgan fingerprint density at radius 3 is 2.60 bits per heavy atom. The van der Waals surface area contributed by atoms with Gasteiger partial charge in [0.1, 0.15) is 9.47 Å². The third kappa shape index (κ3) is 1.12. The van der Waals surface area contributed by atoms with Crippen molar-refractivity contribution < 1.29 is 4.92 Å². The topological polar surface area (TPSA) is 69.2 Å². The van der Waals surface area contributed by atoms with E-state index in [0.717, 1.165) is 0 Å². The Bertz CT molecular complexity index is 272. The SMILES string of the molecule is Nc1c([N+](=O)[O-])csc1Br. The molecule has 0 aromatic carbocycles. The molecule has 0 aliphatic rings. The fraction of sp³-hybridized carbons (Fsp3) is 0. The highest BCUT2D eigenvalue weighted by molar-refractivity contribution is 9.11. The summed E-state index contributed by atoms with van der Waals surface area (Å²) < 4.78 is 0.610. The molecule has 6 heteroatoms. The van der Waals surface area contributed by atoms with Crippen LogP contribution in [0.5, 0.6) is 0 Å². The Labute approximate surface area is 68.9 Å². The van der Waals surface area contributed by atoms with E-state index in [4.69, 9.17) is 5.73 Å². The second kappa shape index (κ2) is 2.55. The van der Waals surface area contributed by atoms with Crippen molar-refractivity contribution >= 4 is 38.6 Å². The van der Waals surface area contributed by atoms with Crippen LogP contribution < -0.4 is 5.73 Å². The minimum Gasteiger partial charge on any atom is -0.392 e. The van der Waals surface area contributed by atoms with Gasteiger partial charge in [-0.1, -0.05) is 0 Å². The molecular formula is C4H3BrN2O2S. The molecule has 54 valence electrons. The van der Waals surface area contributed by atoms with E-state index in [-0.39, 0.29) is 11.4 Å². The number of nitrogens with two attached hydrogens (primary N) is 1. The van der Waals surface area contributed by atoms with Crippen molar-refractivity contribution in [3.63, 3.8) is 0 Å². The van der Waals surface area contributed by atoms with Gasteiger partial charge in [-0.05, 0) is 15.9 Å². The van der Waals surface area contributed by atoms with E-state index in [1.165, 1.54) is 16.7 Å². The fourth-order valence-electron chi connectivity index (χ4n) is 0.477. The van der Waals surface area contributed by atoms with Crippen LogP contribution in [0.15, 0.2) is 9.17 Å². The Balaban J connectivity index is 3.17. The molecule has 0 bridgehead atoms. The van der Waals surface area contributed by atoms with Gasteiger partial charge in [0, 0.05) is 0 Å². The van der Waals surface area contributed by atoms with Crippen LogP contribution in [-0.4, -0.2) is 4.92 Å². The summed E-state index contributed by atoms with van der Waals surface area (Å²) in [5.74, 6) is 0. The van der Waals surface area contributed by atoms with E-state index >= 15 is 0 Å². The molecule has 0 amide bonds. The summed E-state index contributed by atoms with van der Waals surface area (Å²) in [6.45, 7) is 0. The molecular weight excluding hydrogens is 220 g/mol. The molecule has 1 rings (SSSR count). The lowest BCUT2D eigenvalue weighted by Crippen LogP contribution is -1.91. The summed E-state index contributed by atoms with van der Waals surface area (Å²) >= 11 is 4.28. The van der Waals surface area contributed by atoms with E-state index in [1.807, 2.05) is 0 Å². The summed E-state index contributed by atoms with van der Waals surface area (Å²) in [5.41, 5.74) is 5.50. The van der Waals surface area contributed by atoms with Gasteiger partial charge >= 0.3 is 5.69 Å². The predicted octanol–water partition coefficient (Wildman–Crippen LogP) is 2.00. The smallest absolute Gasteiger partial charge is 0.303 e. The molecule has 4 nitrogen and oxygen atoms in total. The summed E-state index contributed by atoms with van der Waals surface area (Å²) in [7, 11) is 0. The zero-order chi connectivity index (χ0) is 7.72. The number of nitrogens with zero attached hydrogens (tertiary/aromatic N) is 1. The minimum absolute atomic E-state index is 0.0307. The lowest BCUT2D eigenvalue weighted by Gasteiger charge is -1.86. The van der Waals surface area contributed by atoms with Crippen LogP contribution in [0.4, 0.5) is 11.4 Å². The number of thiophene rings is 1. The van der Waals surface area contributed by atoms with Gasteiger partial charge in [-0.3, -0.25) is 10.1 Å². The first-order valence-electron chi connectivity index (χ1n) is 2.29. The largest absolute Gasteiger partial charge is 0.392 e. The van der Waals surface area contributed by atoms with Gasteiger partial charge in [-0.2, -0.15) is 0 Å². The van der Waals surface area contributed by atoms with Crippen LogP contribution in [-0.2, 0) is 0 Å². The quantitative estimate of drug-likeness (QED) is 0.584. The summed E-state index contributed by atoms with van der Waals surface area (Å²) in [6, 6.07) is 0. The first-order chi connectivity index (χ1) is 4.63. The van der Waals surface area contributed by atoms with E-state index in [2.05, 4.69) is 15.9 Å². The van der Waals surface area contributed by atoms with E-state index in [0.29, 0.717) is 3.79 Å². The van der Waals surface area contributed by atoms with Gasteiger partial charge in [0.2, 0.25) is 0 Å². The average Bonchev–Trinajstić information content (AvgIpc) is 2.14. The van der Waals surface area contributed by atoms with Crippen molar-refractivity contribution in [3.05, 3.63) is 19.3 Å². The van der Waals surface area contributed by atoms with Crippen molar-refractivity contribution in [2.24, 2.45) is 0 Å². The highest BCUT2D eigenvalue weighted by Gasteiger charge is 2.15. The molecule has 0 aliphatic carbocycles. The number of halogens is 1. The Morgan fingerprint density at radius 2 is 2.40 bits per heavy atom. The van der Waals surface area contributed by atoms with Crippen molar-refractivity contribution in [2.75, 3.05) is 5.73 Å². The molecule has 0 fully saturated rings. The monoisotopic (exact) mass is 222 g/mol. The van der Waals surface area contributed by atoms with Crippen LogP contribution in [0.1, 0.15) is 0 Å². The normalized spacial score (nSPS) is 9.70. The maximum Gasteiger partial charge on any atom is 0.303 e. The van der Waals surface area contributed by atoms with Gasteiger partial charge in [-0.25, -0.2) is 0 Å². The standard InChI is InChI=1S/C4H3BrN2O2S/c5-4-3(6)2(1-10-4)7(8)9/h1H,6H2. The van der Waals surface area contributed by atoms with Crippen molar-refractivity contribution in [1.29, 1.82) is 0 Å². The summed E-state index contributed by atoms with van der Waals surface area (Å²) in [4.78, 5) is 9.64. The van der Waals surface area contributed by atoms with E-state index in [1.54, 1.807) is 0 Å². The molecule has 1 aromatic rings. The van der Waals surface area contributed by atoms with E-state index < -0.39 is 4.92 Å². The molecule has 0 saturated carbocycles. The molecule has 2 N–H and O–H groups in total. The van der Waals surface area contributed by atoms with Crippen LogP contribution in [0, 0.1) is 10.1 Å². The molecule has 1 aromatic heterocycles. The fourth-order valence-corrected chi connectivity index (χ4v) is 1.62. The zero-order valence-electron chi connectivity index (χ0n) is 4.70. The molecule has 0 spiro atoms. The number of hydrogen-bond donors (Lipinski definition) is 1. The summed E-state index contributed by atoms with van der Waals surface area (Å²) in [5, 5.41) is 11.5. The second-order valence-electron chi connectivity index (χ2n) is 1.57. The Hall–Kier alpha value is -0.620. The maximum atomic E-state index is 10.1. The molecule has 10 heavy (non-hydrogen) atoms. The molecule has 1 heterocycles. The molecule has 0 atom stereocenters. The first-order valence-corrected chi connectivity index (χ1v) is 3.97. The number of hydrogen-bond acceptors (Lipinski definition) is 4. The lowest BCUT2D eigenvalue weighted by atomic mass is 10.5. The van der Waals surface area contributed by atoms with Crippen LogP contribution in [0.3, 0.4) is 0 Å². The van der Waals surface area contributed by atoms with Crippen molar-refractivity contribution in [3.8, 4) is 0 Å². The predicted molar refractivity (Wildman–Crippen MR) is 43.1 cm³/mol. The third-order valence-corrected chi connectivity index (χ3v) is 2.71. The summed E-state index contributed by atoms with van der Waals surface area (Å²) in [6.07, 6.45) is 0.